The Morgan fingerprint density at radius 1 is 0.818 bits per heavy atom. The van der Waals surface area contributed by atoms with Gasteiger partial charge in [0.1, 0.15) is 0 Å². The van der Waals surface area contributed by atoms with E-state index in [1.807, 2.05) is 0 Å². The van der Waals surface area contributed by atoms with Crippen molar-refractivity contribution in [2.45, 2.75) is 6.92 Å². The molecule has 0 spiro atoms. The predicted octanol–water partition coefficient (Wildman–Crippen LogP) is 2.66. The standard InChI is InChI=1S/C17H15NO4/c1-11(19)18-15-9-7-13(8-10-15)16(20)12-3-5-14(6-4-12)17(21)22-2/h3-10H,1-2H3,(H,18,19). The largest absolute Gasteiger partial charge is 0.465 e. The number of hydrogen-bond donors (Lipinski definition) is 1. The van der Waals surface area contributed by atoms with Gasteiger partial charge in [0, 0.05) is 23.7 Å². The van der Waals surface area contributed by atoms with Gasteiger partial charge in [-0.15, -0.1) is 0 Å². The molecule has 0 unspecified atom stereocenters. The highest BCUT2D eigenvalue weighted by Crippen LogP contribution is 2.15. The van der Waals surface area contributed by atoms with Gasteiger partial charge in [0.25, 0.3) is 0 Å². The Bertz CT molecular complexity index is 702. The number of ketones is 1. The lowest BCUT2D eigenvalue weighted by molar-refractivity contribution is -0.114. The molecule has 0 fully saturated rings. The zero-order valence-electron chi connectivity index (χ0n) is 12.3. The molecule has 0 radical (unpaired) electrons. The van der Waals surface area contributed by atoms with Crippen LogP contribution in [-0.4, -0.2) is 24.8 Å². The first-order valence-electron chi connectivity index (χ1n) is 6.62. The van der Waals surface area contributed by atoms with Crippen molar-refractivity contribution in [3.8, 4) is 0 Å². The summed E-state index contributed by atoms with van der Waals surface area (Å²) in [6.07, 6.45) is 0. The van der Waals surface area contributed by atoms with Crippen LogP contribution in [0.3, 0.4) is 0 Å². The van der Waals surface area contributed by atoms with Crippen molar-refractivity contribution >= 4 is 23.3 Å². The van der Waals surface area contributed by atoms with Crippen molar-refractivity contribution in [2.75, 3.05) is 12.4 Å². The first kappa shape index (κ1) is 15.4. The molecule has 5 heteroatoms. The molecule has 1 N–H and O–H groups in total. The summed E-state index contributed by atoms with van der Waals surface area (Å²) in [5.41, 5.74) is 1.99. The molecule has 2 aromatic carbocycles. The second-order valence-corrected chi connectivity index (χ2v) is 4.66. The summed E-state index contributed by atoms with van der Waals surface area (Å²) in [5, 5.41) is 2.64. The van der Waals surface area contributed by atoms with Crippen LogP contribution in [0.2, 0.25) is 0 Å². The number of anilines is 1. The molecule has 0 saturated carbocycles. The van der Waals surface area contributed by atoms with E-state index in [1.54, 1.807) is 48.5 Å². The van der Waals surface area contributed by atoms with E-state index in [9.17, 15) is 14.4 Å². The minimum absolute atomic E-state index is 0.161. The molecule has 112 valence electrons. The van der Waals surface area contributed by atoms with E-state index in [-0.39, 0.29) is 11.7 Å². The molecule has 0 aliphatic heterocycles. The van der Waals surface area contributed by atoms with E-state index >= 15 is 0 Å². The third kappa shape index (κ3) is 3.58. The maximum atomic E-state index is 12.3. The van der Waals surface area contributed by atoms with Crippen molar-refractivity contribution in [1.29, 1.82) is 0 Å². The molecule has 0 aliphatic carbocycles. The van der Waals surface area contributed by atoms with Gasteiger partial charge in [0.15, 0.2) is 5.78 Å². The van der Waals surface area contributed by atoms with Crippen LogP contribution in [-0.2, 0) is 9.53 Å². The monoisotopic (exact) mass is 297 g/mol. The number of esters is 1. The molecule has 0 aromatic heterocycles. The second-order valence-electron chi connectivity index (χ2n) is 4.66. The average Bonchev–Trinajstić information content (AvgIpc) is 2.54. The Labute approximate surface area is 127 Å². The summed E-state index contributed by atoms with van der Waals surface area (Å²) in [6.45, 7) is 1.42. The Hall–Kier alpha value is -2.95. The highest BCUT2D eigenvalue weighted by atomic mass is 16.5. The SMILES string of the molecule is COC(=O)c1ccc(C(=O)c2ccc(NC(C)=O)cc2)cc1. The Morgan fingerprint density at radius 2 is 1.27 bits per heavy atom. The average molecular weight is 297 g/mol. The molecule has 0 saturated heterocycles. The van der Waals surface area contributed by atoms with Gasteiger partial charge in [-0.05, 0) is 36.4 Å². The number of carbonyl (C=O) groups is 3. The number of ether oxygens (including phenoxy) is 1. The van der Waals surface area contributed by atoms with Crippen LogP contribution in [0.4, 0.5) is 5.69 Å². The van der Waals surface area contributed by atoms with Crippen molar-refractivity contribution in [2.24, 2.45) is 0 Å². The van der Waals surface area contributed by atoms with Gasteiger partial charge in [-0.1, -0.05) is 12.1 Å². The number of benzene rings is 2. The molecule has 2 rings (SSSR count). The van der Waals surface area contributed by atoms with E-state index in [2.05, 4.69) is 10.1 Å². The number of methoxy groups -OCH3 is 1. The van der Waals surface area contributed by atoms with Crippen LogP contribution in [0.5, 0.6) is 0 Å². The van der Waals surface area contributed by atoms with Gasteiger partial charge in [0.2, 0.25) is 5.91 Å². The van der Waals surface area contributed by atoms with Gasteiger partial charge >= 0.3 is 5.97 Å². The quantitative estimate of drug-likeness (QED) is 0.695. The van der Waals surface area contributed by atoms with Crippen molar-refractivity contribution < 1.29 is 19.1 Å². The summed E-state index contributed by atoms with van der Waals surface area (Å²) >= 11 is 0. The fraction of sp³-hybridized carbons (Fsp3) is 0.118. The highest BCUT2D eigenvalue weighted by molar-refractivity contribution is 6.09. The van der Waals surface area contributed by atoms with E-state index < -0.39 is 5.97 Å². The highest BCUT2D eigenvalue weighted by Gasteiger charge is 2.11. The fourth-order valence-electron chi connectivity index (χ4n) is 1.95. The maximum Gasteiger partial charge on any atom is 0.337 e. The molecule has 2 aromatic rings. The Balaban J connectivity index is 2.17. The number of hydrogen-bond acceptors (Lipinski definition) is 4. The van der Waals surface area contributed by atoms with E-state index in [4.69, 9.17) is 0 Å². The van der Waals surface area contributed by atoms with E-state index in [1.165, 1.54) is 14.0 Å². The van der Waals surface area contributed by atoms with Gasteiger partial charge < -0.3 is 10.1 Å². The summed E-state index contributed by atoms with van der Waals surface area (Å²) in [5.74, 6) is -0.776. The van der Waals surface area contributed by atoms with E-state index in [0.717, 1.165) is 0 Å². The lowest BCUT2D eigenvalue weighted by atomic mass is 10.0. The maximum absolute atomic E-state index is 12.3. The topological polar surface area (TPSA) is 72.5 Å². The third-order valence-corrected chi connectivity index (χ3v) is 3.04. The van der Waals surface area contributed by atoms with Crippen LogP contribution in [0.1, 0.15) is 33.2 Å². The first-order valence-corrected chi connectivity index (χ1v) is 6.62. The molecule has 0 bridgehead atoms. The number of rotatable bonds is 4. The fourth-order valence-corrected chi connectivity index (χ4v) is 1.95. The third-order valence-electron chi connectivity index (χ3n) is 3.04. The molecule has 0 atom stereocenters. The molecule has 1 amide bonds. The van der Waals surface area contributed by atoms with Crippen LogP contribution in [0.15, 0.2) is 48.5 Å². The van der Waals surface area contributed by atoms with Crippen LogP contribution in [0.25, 0.3) is 0 Å². The Kier molecular flexibility index (Phi) is 4.68. The van der Waals surface area contributed by atoms with E-state index in [0.29, 0.717) is 22.4 Å². The summed E-state index contributed by atoms with van der Waals surface area (Å²) in [6, 6.07) is 12.9. The molecular formula is C17H15NO4. The summed E-state index contributed by atoms with van der Waals surface area (Å²) in [4.78, 5) is 34.6. The minimum Gasteiger partial charge on any atom is -0.465 e. The predicted molar refractivity (Wildman–Crippen MR) is 82.0 cm³/mol. The van der Waals surface area contributed by atoms with Gasteiger partial charge in [-0.3, -0.25) is 9.59 Å². The Morgan fingerprint density at radius 3 is 1.73 bits per heavy atom. The number of carbonyl (C=O) groups excluding carboxylic acids is 3. The normalized spacial score (nSPS) is 9.91. The van der Waals surface area contributed by atoms with Crippen molar-refractivity contribution in [3.63, 3.8) is 0 Å². The lowest BCUT2D eigenvalue weighted by Crippen LogP contribution is -2.07. The van der Waals surface area contributed by atoms with Crippen LogP contribution in [0, 0.1) is 0 Å². The van der Waals surface area contributed by atoms with Gasteiger partial charge in [0.05, 0.1) is 12.7 Å². The van der Waals surface area contributed by atoms with Crippen molar-refractivity contribution in [3.05, 3.63) is 65.2 Å². The molecule has 0 heterocycles. The number of nitrogens with one attached hydrogen (secondary N) is 1. The van der Waals surface area contributed by atoms with Crippen molar-refractivity contribution in [1.82, 2.24) is 0 Å². The molecular weight excluding hydrogens is 282 g/mol. The summed E-state index contributed by atoms with van der Waals surface area (Å²) < 4.78 is 4.61. The second kappa shape index (κ2) is 6.67. The zero-order valence-corrected chi connectivity index (χ0v) is 12.3. The van der Waals surface area contributed by atoms with Gasteiger partial charge in [-0.25, -0.2) is 4.79 Å². The first-order chi connectivity index (χ1) is 10.5. The number of amides is 1. The zero-order chi connectivity index (χ0) is 16.1. The van der Waals surface area contributed by atoms with Crippen LogP contribution < -0.4 is 5.32 Å². The molecule has 22 heavy (non-hydrogen) atoms. The van der Waals surface area contributed by atoms with Crippen LogP contribution >= 0.6 is 0 Å². The molecule has 0 aliphatic rings. The molecule has 5 nitrogen and oxygen atoms in total. The lowest BCUT2D eigenvalue weighted by Gasteiger charge is -2.05. The van der Waals surface area contributed by atoms with Gasteiger partial charge in [-0.2, -0.15) is 0 Å². The minimum atomic E-state index is -0.446. The summed E-state index contributed by atoms with van der Waals surface area (Å²) in [7, 11) is 1.30. The smallest absolute Gasteiger partial charge is 0.337 e.